The molecule has 0 saturated heterocycles. The maximum Gasteiger partial charge on any atom is 0.243 e. The summed E-state index contributed by atoms with van der Waals surface area (Å²) in [6, 6.07) is 1.41. The molecule has 0 fully saturated rings. The fourth-order valence-corrected chi connectivity index (χ4v) is 3.05. The predicted molar refractivity (Wildman–Crippen MR) is 67.3 cm³/mol. The first kappa shape index (κ1) is 15.2. The zero-order chi connectivity index (χ0) is 13.9. The first-order valence-electron chi connectivity index (χ1n) is 5.19. The molecule has 0 bridgehead atoms. The van der Waals surface area contributed by atoms with Crippen LogP contribution in [0.4, 0.5) is 10.1 Å². The van der Waals surface area contributed by atoms with Crippen molar-refractivity contribution in [1.29, 1.82) is 0 Å². The Kier molecular flexibility index (Phi) is 4.92. The van der Waals surface area contributed by atoms with E-state index in [1.165, 1.54) is 0 Å². The molecule has 4 N–H and O–H groups in total. The summed E-state index contributed by atoms with van der Waals surface area (Å²) in [7, 11) is -4.11. The maximum absolute atomic E-state index is 13.7. The molecule has 1 aromatic rings. The maximum atomic E-state index is 13.7. The van der Waals surface area contributed by atoms with Gasteiger partial charge in [-0.3, -0.25) is 0 Å². The molecule has 1 rings (SSSR count). The minimum absolute atomic E-state index is 0.0197. The minimum Gasteiger partial charge on any atom is -0.396 e. The van der Waals surface area contributed by atoms with Crippen molar-refractivity contribution in [2.45, 2.75) is 24.3 Å². The van der Waals surface area contributed by atoms with E-state index in [0.29, 0.717) is 6.42 Å². The predicted octanol–water partition coefficient (Wildman–Crippen LogP) is 1.11. The summed E-state index contributed by atoms with van der Waals surface area (Å²) in [6.07, 6.45) is 0.368. The summed E-state index contributed by atoms with van der Waals surface area (Å²) >= 11 is 5.64. The average Bonchev–Trinajstić information content (AvgIpc) is 2.30. The molecule has 1 aromatic carbocycles. The van der Waals surface area contributed by atoms with Gasteiger partial charge >= 0.3 is 0 Å². The molecular formula is C10H14ClFN2O3S. The van der Waals surface area contributed by atoms with Crippen molar-refractivity contribution in [3.8, 4) is 0 Å². The Morgan fingerprint density at radius 3 is 2.67 bits per heavy atom. The molecule has 0 aromatic heterocycles. The Labute approximate surface area is 110 Å². The number of anilines is 1. The third-order valence-electron chi connectivity index (χ3n) is 2.36. The molecule has 0 amide bonds. The fraction of sp³-hybridized carbons (Fsp3) is 0.400. The fourth-order valence-electron chi connectivity index (χ4n) is 1.31. The highest BCUT2D eigenvalue weighted by molar-refractivity contribution is 7.89. The lowest BCUT2D eigenvalue weighted by Crippen LogP contribution is -2.37. The number of rotatable bonds is 5. The highest BCUT2D eigenvalue weighted by Crippen LogP contribution is 2.25. The first-order valence-corrected chi connectivity index (χ1v) is 7.05. The van der Waals surface area contributed by atoms with Crippen LogP contribution in [-0.4, -0.2) is 26.2 Å². The number of aliphatic hydroxyl groups is 1. The molecule has 8 heteroatoms. The summed E-state index contributed by atoms with van der Waals surface area (Å²) in [5.41, 5.74) is 4.97. The number of hydrogen-bond donors (Lipinski definition) is 3. The van der Waals surface area contributed by atoms with Gasteiger partial charge in [-0.05, 0) is 18.6 Å². The van der Waals surface area contributed by atoms with Gasteiger partial charge in [0.1, 0.15) is 4.90 Å². The number of hydrogen-bond acceptors (Lipinski definition) is 4. The molecule has 0 radical (unpaired) electrons. The van der Waals surface area contributed by atoms with Gasteiger partial charge in [0, 0.05) is 11.1 Å². The van der Waals surface area contributed by atoms with E-state index in [0.717, 1.165) is 12.1 Å². The topological polar surface area (TPSA) is 92.4 Å². The van der Waals surface area contributed by atoms with E-state index in [1.54, 1.807) is 6.92 Å². The Hall–Kier alpha value is -0.890. The van der Waals surface area contributed by atoms with Crippen LogP contribution in [0, 0.1) is 5.82 Å². The van der Waals surface area contributed by atoms with Crippen molar-refractivity contribution in [2.75, 3.05) is 12.3 Å². The van der Waals surface area contributed by atoms with Crippen molar-refractivity contribution >= 4 is 27.3 Å². The molecular weight excluding hydrogens is 283 g/mol. The van der Waals surface area contributed by atoms with Crippen molar-refractivity contribution in [2.24, 2.45) is 0 Å². The highest BCUT2D eigenvalue weighted by Gasteiger charge is 2.24. The van der Waals surface area contributed by atoms with E-state index in [-0.39, 0.29) is 17.3 Å². The van der Waals surface area contributed by atoms with E-state index in [4.69, 9.17) is 22.4 Å². The van der Waals surface area contributed by atoms with Gasteiger partial charge in [0.05, 0.1) is 12.3 Å². The number of benzene rings is 1. The van der Waals surface area contributed by atoms with Gasteiger partial charge in [-0.1, -0.05) is 18.5 Å². The van der Waals surface area contributed by atoms with Gasteiger partial charge in [0.15, 0.2) is 5.82 Å². The van der Waals surface area contributed by atoms with E-state index in [2.05, 4.69) is 4.72 Å². The quantitative estimate of drug-likeness (QED) is 0.710. The van der Waals surface area contributed by atoms with Crippen LogP contribution in [0.25, 0.3) is 0 Å². The average molecular weight is 297 g/mol. The molecule has 1 atom stereocenters. The third-order valence-corrected chi connectivity index (χ3v) is 4.09. The van der Waals surface area contributed by atoms with Crippen LogP contribution in [0.2, 0.25) is 5.02 Å². The molecule has 18 heavy (non-hydrogen) atoms. The van der Waals surface area contributed by atoms with Gasteiger partial charge < -0.3 is 10.8 Å². The van der Waals surface area contributed by atoms with Crippen LogP contribution in [0.3, 0.4) is 0 Å². The summed E-state index contributed by atoms with van der Waals surface area (Å²) in [4.78, 5) is -0.626. The molecule has 0 saturated carbocycles. The van der Waals surface area contributed by atoms with Crippen LogP contribution in [-0.2, 0) is 10.0 Å². The largest absolute Gasteiger partial charge is 0.396 e. The molecule has 0 unspecified atom stereocenters. The van der Waals surface area contributed by atoms with Gasteiger partial charge in [-0.2, -0.15) is 0 Å². The van der Waals surface area contributed by atoms with Gasteiger partial charge in [-0.15, -0.1) is 0 Å². The van der Waals surface area contributed by atoms with Crippen molar-refractivity contribution in [3.05, 3.63) is 23.0 Å². The number of sulfonamides is 1. The van der Waals surface area contributed by atoms with Crippen molar-refractivity contribution in [1.82, 2.24) is 4.72 Å². The zero-order valence-corrected chi connectivity index (χ0v) is 11.2. The van der Waals surface area contributed by atoms with Crippen molar-refractivity contribution in [3.63, 3.8) is 0 Å². The van der Waals surface area contributed by atoms with Crippen LogP contribution >= 0.6 is 11.6 Å². The second kappa shape index (κ2) is 5.83. The second-order valence-corrected chi connectivity index (χ2v) is 5.84. The monoisotopic (exact) mass is 296 g/mol. The lowest BCUT2D eigenvalue weighted by molar-refractivity contribution is 0.253. The number of nitrogens with two attached hydrogens (primary N) is 1. The van der Waals surface area contributed by atoms with Crippen LogP contribution in [0.15, 0.2) is 17.0 Å². The first-order chi connectivity index (χ1) is 8.31. The Morgan fingerprint density at radius 1 is 1.56 bits per heavy atom. The lowest BCUT2D eigenvalue weighted by Gasteiger charge is -2.15. The van der Waals surface area contributed by atoms with Gasteiger partial charge in [0.25, 0.3) is 0 Å². The molecule has 5 nitrogen and oxygen atoms in total. The Morgan fingerprint density at radius 2 is 2.17 bits per heavy atom. The van der Waals surface area contributed by atoms with E-state index in [9.17, 15) is 12.8 Å². The van der Waals surface area contributed by atoms with E-state index < -0.39 is 26.8 Å². The SMILES string of the molecule is CC[C@@H](CO)NS(=O)(=O)c1cc(Cl)cc(N)c1F. The number of aliphatic hydroxyl groups excluding tert-OH is 1. The molecule has 0 heterocycles. The zero-order valence-electron chi connectivity index (χ0n) is 9.65. The smallest absolute Gasteiger partial charge is 0.243 e. The van der Waals surface area contributed by atoms with E-state index in [1.807, 2.05) is 0 Å². The summed E-state index contributed by atoms with van der Waals surface area (Å²) in [5, 5.41) is 8.96. The summed E-state index contributed by atoms with van der Waals surface area (Å²) in [6.45, 7) is 1.31. The number of nitrogen functional groups attached to an aromatic ring is 1. The van der Waals surface area contributed by atoms with Crippen molar-refractivity contribution < 1.29 is 17.9 Å². The molecule has 0 aliphatic carbocycles. The van der Waals surface area contributed by atoms with Gasteiger partial charge in [0.2, 0.25) is 10.0 Å². The molecule has 0 aliphatic rings. The Bertz CT molecular complexity index is 532. The summed E-state index contributed by atoms with van der Waals surface area (Å²) < 4.78 is 39.7. The number of nitrogens with one attached hydrogen (secondary N) is 1. The van der Waals surface area contributed by atoms with E-state index >= 15 is 0 Å². The van der Waals surface area contributed by atoms with Crippen LogP contribution in [0.1, 0.15) is 13.3 Å². The van der Waals surface area contributed by atoms with Gasteiger partial charge in [-0.25, -0.2) is 17.5 Å². The second-order valence-electron chi connectivity index (χ2n) is 3.72. The normalized spacial score (nSPS) is 13.6. The molecule has 0 aliphatic heterocycles. The lowest BCUT2D eigenvalue weighted by atomic mass is 10.3. The van der Waals surface area contributed by atoms with Crippen LogP contribution in [0.5, 0.6) is 0 Å². The molecule has 102 valence electrons. The summed E-state index contributed by atoms with van der Waals surface area (Å²) in [5.74, 6) is -1.06. The minimum atomic E-state index is -4.11. The third kappa shape index (κ3) is 3.32. The highest BCUT2D eigenvalue weighted by atomic mass is 35.5. The standard InChI is InChI=1S/C10H14ClFN2O3S/c1-2-7(5-15)14-18(16,17)9-4-6(11)3-8(13)10(9)12/h3-4,7,14-15H,2,5,13H2,1H3/t7-/m0/s1. The molecule has 0 spiro atoms. The Balaban J connectivity index is 3.20. The number of halogens is 2. The van der Waals surface area contributed by atoms with Crippen LogP contribution < -0.4 is 10.5 Å².